The molecule has 1 aliphatic rings. The van der Waals surface area contributed by atoms with Crippen molar-refractivity contribution < 1.29 is 18.7 Å². The zero-order chi connectivity index (χ0) is 24.6. The van der Waals surface area contributed by atoms with E-state index in [1.165, 1.54) is 11.8 Å². The highest BCUT2D eigenvalue weighted by Gasteiger charge is 2.38. The van der Waals surface area contributed by atoms with Crippen molar-refractivity contribution in [3.8, 4) is 17.1 Å². The van der Waals surface area contributed by atoms with Crippen LogP contribution < -0.4 is 15.0 Å². The van der Waals surface area contributed by atoms with E-state index in [0.29, 0.717) is 33.8 Å². The highest BCUT2D eigenvalue weighted by Crippen LogP contribution is 2.39. The van der Waals surface area contributed by atoms with Crippen LogP contribution >= 0.6 is 0 Å². The largest absolute Gasteiger partial charge is 0.480 e. The third kappa shape index (κ3) is 4.11. The van der Waals surface area contributed by atoms with Crippen molar-refractivity contribution in [1.29, 1.82) is 0 Å². The Morgan fingerprint density at radius 3 is 2.74 bits per heavy atom. The Hall–Kier alpha value is -3.82. The molecule has 3 aromatic rings. The van der Waals surface area contributed by atoms with E-state index in [0.717, 1.165) is 5.56 Å². The molecular weight excluding hydrogens is 439 g/mol. The van der Waals surface area contributed by atoms with Crippen molar-refractivity contribution in [3.63, 3.8) is 0 Å². The molecule has 0 saturated heterocycles. The number of nitrogens with zero attached hydrogens (tertiary/aromatic N) is 5. The number of methoxy groups -OCH3 is 1. The van der Waals surface area contributed by atoms with Crippen molar-refractivity contribution in [2.45, 2.75) is 46.3 Å². The second-order valence-electron chi connectivity index (χ2n) is 8.50. The van der Waals surface area contributed by atoms with Crippen LogP contribution in [0.4, 0.5) is 10.1 Å². The van der Waals surface area contributed by atoms with Crippen molar-refractivity contribution in [2.24, 2.45) is 0 Å². The molecule has 0 radical (unpaired) electrons. The number of anilines is 1. The zero-order valence-electron chi connectivity index (χ0n) is 19.8. The summed E-state index contributed by atoms with van der Waals surface area (Å²) in [5.74, 6) is -0.248. The Morgan fingerprint density at radius 1 is 1.29 bits per heavy atom. The summed E-state index contributed by atoms with van der Waals surface area (Å²) in [6.45, 7) is 7.08. The van der Waals surface area contributed by atoms with Crippen LogP contribution in [0.1, 0.15) is 58.8 Å². The van der Waals surface area contributed by atoms with E-state index < -0.39 is 6.67 Å². The van der Waals surface area contributed by atoms with Gasteiger partial charge in [-0.1, -0.05) is 0 Å². The molecule has 4 rings (SSSR count). The average molecular weight is 467 g/mol. The highest BCUT2D eigenvalue weighted by atomic mass is 19.1. The molecule has 2 amide bonds. The fourth-order valence-electron chi connectivity index (χ4n) is 4.13. The van der Waals surface area contributed by atoms with Crippen molar-refractivity contribution in [3.05, 3.63) is 53.1 Å². The van der Waals surface area contributed by atoms with Gasteiger partial charge < -0.3 is 10.1 Å². The fourth-order valence-corrected chi connectivity index (χ4v) is 4.13. The third-order valence-electron chi connectivity index (χ3n) is 5.68. The first-order chi connectivity index (χ1) is 16.2. The maximum atomic E-state index is 13.3. The van der Waals surface area contributed by atoms with Crippen LogP contribution in [0, 0.1) is 6.92 Å². The third-order valence-corrected chi connectivity index (χ3v) is 5.68. The van der Waals surface area contributed by atoms with E-state index in [4.69, 9.17) is 9.72 Å². The second kappa shape index (κ2) is 9.20. The fraction of sp³-hybridized carbons (Fsp3) is 0.375. The molecule has 1 atom stereocenters. The van der Waals surface area contributed by atoms with Crippen molar-refractivity contribution in [2.75, 3.05) is 18.7 Å². The van der Waals surface area contributed by atoms with Gasteiger partial charge in [-0.3, -0.25) is 19.2 Å². The number of aromatic nitrogens is 4. The van der Waals surface area contributed by atoms with Crippen LogP contribution in [0.2, 0.25) is 0 Å². The SMILES string of the molecule is COc1ncc(-c2cc(C)c3c(n2)C(C)N(c2cnn(CCF)c2)C3=O)cc1C(=O)NC(C)C. The predicted octanol–water partition coefficient (Wildman–Crippen LogP) is 3.49. The minimum atomic E-state index is -0.540. The minimum Gasteiger partial charge on any atom is -0.480 e. The van der Waals surface area contributed by atoms with Crippen LogP contribution in [0.25, 0.3) is 11.3 Å². The first kappa shape index (κ1) is 23.3. The van der Waals surface area contributed by atoms with Gasteiger partial charge in [-0.2, -0.15) is 5.10 Å². The smallest absolute Gasteiger partial charge is 0.261 e. The van der Waals surface area contributed by atoms with E-state index in [1.807, 2.05) is 33.8 Å². The summed E-state index contributed by atoms with van der Waals surface area (Å²) in [5, 5.41) is 6.99. The van der Waals surface area contributed by atoms with Crippen LogP contribution in [-0.4, -0.2) is 51.4 Å². The number of nitrogens with one attached hydrogen (secondary N) is 1. The van der Waals surface area contributed by atoms with Crippen LogP contribution in [0.5, 0.6) is 5.88 Å². The van der Waals surface area contributed by atoms with E-state index in [1.54, 1.807) is 29.6 Å². The molecule has 0 fully saturated rings. The number of halogens is 1. The summed E-state index contributed by atoms with van der Waals surface area (Å²) in [4.78, 5) is 36.7. The molecule has 0 saturated carbocycles. The van der Waals surface area contributed by atoms with Gasteiger partial charge in [-0.05, 0) is 45.4 Å². The van der Waals surface area contributed by atoms with Gasteiger partial charge >= 0.3 is 0 Å². The lowest BCUT2D eigenvalue weighted by Crippen LogP contribution is -2.30. The maximum Gasteiger partial charge on any atom is 0.261 e. The first-order valence-electron chi connectivity index (χ1n) is 11.0. The van der Waals surface area contributed by atoms with Crippen LogP contribution in [0.15, 0.2) is 30.7 Å². The predicted molar refractivity (Wildman–Crippen MR) is 125 cm³/mol. The molecule has 0 spiro atoms. The Morgan fingerprint density at radius 2 is 2.06 bits per heavy atom. The number of carbonyl (C=O) groups excluding carboxylic acids is 2. The summed E-state index contributed by atoms with van der Waals surface area (Å²) < 4.78 is 19.4. The number of alkyl halides is 1. The van der Waals surface area contributed by atoms with E-state index >= 15 is 0 Å². The number of carbonyl (C=O) groups is 2. The molecule has 1 N–H and O–H groups in total. The lowest BCUT2D eigenvalue weighted by Gasteiger charge is -2.19. The number of pyridine rings is 2. The van der Waals surface area contributed by atoms with Gasteiger partial charge in [0.2, 0.25) is 5.88 Å². The van der Waals surface area contributed by atoms with Gasteiger partial charge in [0.05, 0.1) is 48.5 Å². The van der Waals surface area contributed by atoms with Crippen molar-refractivity contribution in [1.82, 2.24) is 25.1 Å². The molecule has 0 aromatic carbocycles. The highest BCUT2D eigenvalue weighted by molar-refractivity contribution is 6.11. The van der Waals surface area contributed by atoms with Crippen molar-refractivity contribution >= 4 is 17.5 Å². The number of aryl methyl sites for hydroxylation is 2. The van der Waals surface area contributed by atoms with Gasteiger partial charge in [0.1, 0.15) is 12.2 Å². The molecule has 3 aromatic heterocycles. The number of fused-ring (bicyclic) bond motifs is 1. The van der Waals surface area contributed by atoms with Gasteiger partial charge in [0.25, 0.3) is 11.8 Å². The molecule has 34 heavy (non-hydrogen) atoms. The number of hydrogen-bond acceptors (Lipinski definition) is 6. The van der Waals surface area contributed by atoms with E-state index in [-0.39, 0.29) is 36.3 Å². The quantitative estimate of drug-likeness (QED) is 0.572. The molecule has 178 valence electrons. The lowest BCUT2D eigenvalue weighted by molar-refractivity contribution is 0.0938. The van der Waals surface area contributed by atoms with Crippen LogP contribution in [-0.2, 0) is 6.54 Å². The summed E-state index contributed by atoms with van der Waals surface area (Å²) in [7, 11) is 1.46. The van der Waals surface area contributed by atoms with Gasteiger partial charge in [-0.15, -0.1) is 0 Å². The van der Waals surface area contributed by atoms with Gasteiger partial charge in [0.15, 0.2) is 0 Å². The summed E-state index contributed by atoms with van der Waals surface area (Å²) in [6, 6.07) is 3.11. The molecule has 4 heterocycles. The van der Waals surface area contributed by atoms with Gasteiger partial charge in [0, 0.05) is 24.0 Å². The zero-order valence-corrected chi connectivity index (χ0v) is 19.8. The summed E-state index contributed by atoms with van der Waals surface area (Å²) in [6.07, 6.45) is 4.81. The first-order valence-corrected chi connectivity index (χ1v) is 11.0. The summed E-state index contributed by atoms with van der Waals surface area (Å²) >= 11 is 0. The molecule has 1 aliphatic heterocycles. The molecule has 0 aliphatic carbocycles. The Bertz CT molecular complexity index is 1260. The normalized spacial score (nSPS) is 15.1. The Kier molecular flexibility index (Phi) is 6.32. The van der Waals surface area contributed by atoms with E-state index in [9.17, 15) is 14.0 Å². The summed E-state index contributed by atoms with van der Waals surface area (Å²) in [5.41, 5.74) is 4.05. The average Bonchev–Trinajstić information content (AvgIpc) is 3.35. The second-order valence-corrected chi connectivity index (χ2v) is 8.50. The number of hydrogen-bond donors (Lipinski definition) is 1. The molecule has 9 nitrogen and oxygen atoms in total. The number of ether oxygens (including phenoxy) is 1. The van der Waals surface area contributed by atoms with Crippen LogP contribution in [0.3, 0.4) is 0 Å². The maximum absolute atomic E-state index is 13.3. The Balaban J connectivity index is 1.73. The number of rotatable bonds is 7. The standard InChI is InChI=1S/C24H27FN6O3/c1-13(2)28-22(32)18-9-16(10-26-23(18)34-5)19-8-14(3)20-21(29-19)15(4)31(24(20)33)17-11-27-30(12-17)7-6-25/h8-13,15H,6-7H2,1-5H3,(H,28,32). The molecule has 1 unspecified atom stereocenters. The van der Waals surface area contributed by atoms with E-state index in [2.05, 4.69) is 15.4 Å². The minimum absolute atomic E-state index is 0.0478. The topological polar surface area (TPSA) is 102 Å². The molecule has 0 bridgehead atoms. The monoisotopic (exact) mass is 466 g/mol. The number of amides is 2. The Labute approximate surface area is 197 Å². The van der Waals surface area contributed by atoms with Gasteiger partial charge in [-0.25, -0.2) is 14.4 Å². The lowest BCUT2D eigenvalue weighted by atomic mass is 10.0. The molecular formula is C24H27FN6O3. The molecule has 10 heteroatoms.